The third kappa shape index (κ3) is 13.4. The molecule has 5 nitrogen and oxygen atoms in total. The third-order valence-electron chi connectivity index (χ3n) is 5.39. The van der Waals surface area contributed by atoms with Gasteiger partial charge in [0.25, 0.3) is 0 Å². The summed E-state index contributed by atoms with van der Waals surface area (Å²) in [6.07, 6.45) is 16.7. The lowest BCUT2D eigenvalue weighted by Gasteiger charge is -2.10. The molecule has 170 valence electrons. The number of carbonyl (C=O) groups excluding carboxylic acids is 2. The Morgan fingerprint density at radius 1 is 0.833 bits per heavy atom. The van der Waals surface area contributed by atoms with Gasteiger partial charge >= 0.3 is 11.9 Å². The van der Waals surface area contributed by atoms with Crippen molar-refractivity contribution in [1.29, 1.82) is 0 Å². The Kier molecular flexibility index (Phi) is 14.7. The molecule has 0 bridgehead atoms. The summed E-state index contributed by atoms with van der Waals surface area (Å²) in [6.45, 7) is 2.25. The van der Waals surface area contributed by atoms with Crippen LogP contribution in [0.2, 0.25) is 0 Å². The minimum atomic E-state index is -0.884. The molecule has 0 aliphatic heterocycles. The quantitative estimate of drug-likeness (QED) is 0.189. The average molecular weight is 420 g/mol. The molecule has 30 heavy (non-hydrogen) atoms. The topological polar surface area (TPSA) is 89.6 Å². The number of hydrogen-bond acceptors (Lipinski definition) is 5. The smallest absolute Gasteiger partial charge is 0.330 e. The van der Waals surface area contributed by atoms with Crippen molar-refractivity contribution in [2.45, 2.75) is 109 Å². The van der Waals surface area contributed by atoms with Crippen LogP contribution in [-0.2, 0) is 20.7 Å². The van der Waals surface area contributed by atoms with Crippen LogP contribution in [0, 0.1) is 0 Å². The van der Waals surface area contributed by atoms with Gasteiger partial charge in [0.05, 0.1) is 0 Å². The predicted molar refractivity (Wildman–Crippen MR) is 121 cm³/mol. The number of hydrogen-bond donors (Lipinski definition) is 2. The maximum Gasteiger partial charge on any atom is 0.330 e. The summed E-state index contributed by atoms with van der Waals surface area (Å²) in [5.74, 6) is -1.03. The van der Waals surface area contributed by atoms with E-state index in [0.29, 0.717) is 0 Å². The standard InChI is InChI=1S/C25H41NO4/c1-2-3-4-5-6-7-8-9-10-11-12-13-14-15-24(28)30-25(29)23(26)20-21-16-18-22(27)19-17-21/h16-19,23,27H,2-15,20,26H2,1H3/t23-/m0/s1. The molecule has 1 rings (SSSR count). The van der Waals surface area contributed by atoms with Gasteiger partial charge in [-0.2, -0.15) is 0 Å². The van der Waals surface area contributed by atoms with Gasteiger partial charge in [-0.15, -0.1) is 0 Å². The summed E-state index contributed by atoms with van der Waals surface area (Å²) in [7, 11) is 0. The largest absolute Gasteiger partial charge is 0.508 e. The van der Waals surface area contributed by atoms with Crippen molar-refractivity contribution in [1.82, 2.24) is 0 Å². The van der Waals surface area contributed by atoms with E-state index in [0.717, 1.165) is 24.8 Å². The van der Waals surface area contributed by atoms with Gasteiger partial charge in [0.1, 0.15) is 11.8 Å². The number of ether oxygens (including phenoxy) is 1. The number of phenolic OH excluding ortho intramolecular Hbond substituents is 1. The molecule has 5 heteroatoms. The Labute approximate surface area is 182 Å². The van der Waals surface area contributed by atoms with Crippen molar-refractivity contribution >= 4 is 11.9 Å². The molecule has 1 aromatic rings. The Hall–Kier alpha value is -1.88. The molecule has 0 radical (unpaired) electrons. The minimum absolute atomic E-state index is 0.155. The highest BCUT2D eigenvalue weighted by atomic mass is 16.6. The van der Waals surface area contributed by atoms with E-state index in [-0.39, 0.29) is 18.6 Å². The van der Waals surface area contributed by atoms with Crippen molar-refractivity contribution in [2.75, 3.05) is 0 Å². The zero-order chi connectivity index (χ0) is 22.0. The number of unbranched alkanes of at least 4 members (excludes halogenated alkanes) is 12. The van der Waals surface area contributed by atoms with Crippen LogP contribution in [0.1, 0.15) is 102 Å². The molecule has 1 atom stereocenters. The first kappa shape index (κ1) is 26.2. The highest BCUT2D eigenvalue weighted by Gasteiger charge is 2.19. The predicted octanol–water partition coefficient (Wildman–Crippen LogP) is 5.81. The normalized spacial score (nSPS) is 11.9. The molecule has 0 unspecified atom stereocenters. The monoisotopic (exact) mass is 419 g/mol. The van der Waals surface area contributed by atoms with Gasteiger partial charge in [0.15, 0.2) is 0 Å². The van der Waals surface area contributed by atoms with E-state index in [4.69, 9.17) is 10.5 Å². The highest BCUT2D eigenvalue weighted by Crippen LogP contribution is 2.14. The van der Waals surface area contributed by atoms with Gasteiger partial charge in [-0.3, -0.25) is 4.79 Å². The third-order valence-corrected chi connectivity index (χ3v) is 5.39. The number of aromatic hydroxyl groups is 1. The molecular formula is C25H41NO4. The molecule has 0 saturated heterocycles. The van der Waals surface area contributed by atoms with Crippen molar-refractivity contribution in [3.8, 4) is 5.75 Å². The van der Waals surface area contributed by atoms with E-state index >= 15 is 0 Å². The number of carbonyl (C=O) groups is 2. The van der Waals surface area contributed by atoms with E-state index in [2.05, 4.69) is 6.92 Å². The number of esters is 2. The second-order valence-electron chi connectivity index (χ2n) is 8.26. The first-order valence-electron chi connectivity index (χ1n) is 11.8. The second-order valence-corrected chi connectivity index (χ2v) is 8.26. The fourth-order valence-electron chi connectivity index (χ4n) is 3.50. The van der Waals surface area contributed by atoms with E-state index in [1.54, 1.807) is 12.1 Å². The average Bonchev–Trinajstić information content (AvgIpc) is 2.73. The maximum atomic E-state index is 11.9. The lowest BCUT2D eigenvalue weighted by Crippen LogP contribution is -2.35. The number of benzene rings is 1. The van der Waals surface area contributed by atoms with Gasteiger partial charge in [0.2, 0.25) is 0 Å². The molecule has 0 spiro atoms. The summed E-state index contributed by atoms with van der Waals surface area (Å²) < 4.78 is 4.86. The molecule has 0 aromatic heterocycles. The number of nitrogens with two attached hydrogens (primary N) is 1. The first-order chi connectivity index (χ1) is 14.5. The summed E-state index contributed by atoms with van der Waals surface area (Å²) in [6, 6.07) is 5.57. The van der Waals surface area contributed by atoms with Gasteiger partial charge in [-0.1, -0.05) is 96.1 Å². The molecule has 1 aromatic carbocycles. The molecular weight excluding hydrogens is 378 g/mol. The molecule has 0 heterocycles. The summed E-state index contributed by atoms with van der Waals surface area (Å²) in [5, 5.41) is 9.27. The van der Waals surface area contributed by atoms with Crippen molar-refractivity contribution in [2.24, 2.45) is 5.73 Å². The maximum absolute atomic E-state index is 11.9. The molecule has 0 saturated carbocycles. The minimum Gasteiger partial charge on any atom is -0.508 e. The molecule has 0 aliphatic rings. The lowest BCUT2D eigenvalue weighted by molar-refractivity contribution is -0.160. The van der Waals surface area contributed by atoms with E-state index in [9.17, 15) is 14.7 Å². The van der Waals surface area contributed by atoms with Crippen molar-refractivity contribution in [3.63, 3.8) is 0 Å². The fourth-order valence-corrected chi connectivity index (χ4v) is 3.50. The fraction of sp³-hybridized carbons (Fsp3) is 0.680. The second kappa shape index (κ2) is 16.9. The molecule has 3 N–H and O–H groups in total. The summed E-state index contributed by atoms with van der Waals surface area (Å²) in [5.41, 5.74) is 6.63. The zero-order valence-electron chi connectivity index (χ0n) is 18.7. The van der Waals surface area contributed by atoms with Gasteiger partial charge in [-0.05, 0) is 30.5 Å². The van der Waals surface area contributed by atoms with Crippen molar-refractivity contribution < 1.29 is 19.4 Å². The van der Waals surface area contributed by atoms with Crippen molar-refractivity contribution in [3.05, 3.63) is 29.8 Å². The van der Waals surface area contributed by atoms with Crippen LogP contribution < -0.4 is 5.73 Å². The first-order valence-corrected chi connectivity index (χ1v) is 11.8. The van der Waals surface area contributed by atoms with Crippen LogP contribution in [0.5, 0.6) is 5.75 Å². The summed E-state index contributed by atoms with van der Waals surface area (Å²) in [4.78, 5) is 23.8. The van der Waals surface area contributed by atoms with Crippen LogP contribution in [0.4, 0.5) is 0 Å². The van der Waals surface area contributed by atoms with E-state index < -0.39 is 18.0 Å². The van der Waals surface area contributed by atoms with Crippen LogP contribution in [-0.4, -0.2) is 23.1 Å². The highest BCUT2D eigenvalue weighted by molar-refractivity contribution is 5.88. The van der Waals surface area contributed by atoms with Gasteiger partial charge in [0, 0.05) is 6.42 Å². The van der Waals surface area contributed by atoms with E-state index in [1.165, 1.54) is 76.3 Å². The van der Waals surface area contributed by atoms with Crippen LogP contribution in [0.25, 0.3) is 0 Å². The molecule has 0 amide bonds. The van der Waals surface area contributed by atoms with Gasteiger partial charge < -0.3 is 15.6 Å². The molecule has 0 fully saturated rings. The number of phenols is 1. The van der Waals surface area contributed by atoms with Crippen LogP contribution in [0.15, 0.2) is 24.3 Å². The Balaban J connectivity index is 1.97. The van der Waals surface area contributed by atoms with Crippen LogP contribution in [0.3, 0.4) is 0 Å². The Morgan fingerprint density at radius 3 is 1.80 bits per heavy atom. The molecule has 0 aliphatic carbocycles. The Morgan fingerprint density at radius 2 is 1.30 bits per heavy atom. The zero-order valence-corrected chi connectivity index (χ0v) is 18.7. The Bertz CT molecular complexity index is 585. The van der Waals surface area contributed by atoms with E-state index in [1.807, 2.05) is 0 Å². The SMILES string of the molecule is CCCCCCCCCCCCCCCC(=O)OC(=O)[C@@H](N)Cc1ccc(O)cc1. The van der Waals surface area contributed by atoms with Crippen LogP contribution >= 0.6 is 0 Å². The summed E-state index contributed by atoms with van der Waals surface area (Å²) >= 11 is 0. The number of rotatable bonds is 17. The lowest BCUT2D eigenvalue weighted by atomic mass is 10.0. The van der Waals surface area contributed by atoms with Gasteiger partial charge in [-0.25, -0.2) is 4.79 Å².